The molecular formula is C9H9BrNO5S2-. The lowest BCUT2D eigenvalue weighted by Gasteiger charge is -2.25. The van der Waals surface area contributed by atoms with Crippen LogP contribution in [0.4, 0.5) is 0 Å². The van der Waals surface area contributed by atoms with Crippen LogP contribution < -0.4 is 5.11 Å². The first-order valence-electron chi connectivity index (χ1n) is 5.01. The normalized spacial score (nSPS) is 17.8. The second-order valence-electron chi connectivity index (χ2n) is 3.55. The molecule has 0 N–H and O–H groups in total. The van der Waals surface area contributed by atoms with Crippen molar-refractivity contribution >= 4 is 43.3 Å². The maximum Gasteiger partial charge on any atom is 0.245 e. The van der Waals surface area contributed by atoms with Gasteiger partial charge in [-0.15, -0.1) is 11.3 Å². The Bertz CT molecular complexity index is 562. The van der Waals surface area contributed by atoms with E-state index in [4.69, 9.17) is 4.74 Å². The van der Waals surface area contributed by atoms with E-state index < -0.39 is 16.0 Å². The summed E-state index contributed by atoms with van der Waals surface area (Å²) >= 11 is 3.91. The second kappa shape index (κ2) is 5.25. The molecule has 0 atom stereocenters. The molecule has 0 bridgehead atoms. The molecule has 6 nitrogen and oxygen atoms in total. The molecule has 1 aliphatic heterocycles. The molecule has 0 unspecified atom stereocenters. The van der Waals surface area contributed by atoms with Crippen molar-refractivity contribution in [3.63, 3.8) is 0 Å². The Hall–Kier alpha value is -0.480. The summed E-state index contributed by atoms with van der Waals surface area (Å²) in [6, 6.07) is 1.12. The van der Waals surface area contributed by atoms with Crippen LogP contribution in [0.15, 0.2) is 14.7 Å². The van der Waals surface area contributed by atoms with Gasteiger partial charge in [0, 0.05) is 13.1 Å². The van der Waals surface area contributed by atoms with Crippen molar-refractivity contribution < 1.29 is 23.1 Å². The molecule has 1 fully saturated rings. The summed E-state index contributed by atoms with van der Waals surface area (Å²) in [4.78, 5) is 10.6. The molecule has 1 saturated heterocycles. The third-order valence-electron chi connectivity index (χ3n) is 2.44. The average molecular weight is 355 g/mol. The Morgan fingerprint density at radius 1 is 1.44 bits per heavy atom. The fraction of sp³-hybridized carbons (Fsp3) is 0.444. The van der Waals surface area contributed by atoms with Gasteiger partial charge in [0.15, 0.2) is 0 Å². The SMILES string of the molecule is O=C([O-])c1cc(S(=O)(=O)N2CCOCC2)c(Br)s1. The van der Waals surface area contributed by atoms with E-state index in [2.05, 4.69) is 15.9 Å². The van der Waals surface area contributed by atoms with E-state index in [0.717, 1.165) is 17.4 Å². The highest BCUT2D eigenvalue weighted by atomic mass is 79.9. The fourth-order valence-electron chi connectivity index (χ4n) is 1.55. The number of rotatable bonds is 3. The van der Waals surface area contributed by atoms with Crippen molar-refractivity contribution in [3.05, 3.63) is 14.7 Å². The summed E-state index contributed by atoms with van der Waals surface area (Å²) in [5, 5.41) is 10.7. The highest BCUT2D eigenvalue weighted by Crippen LogP contribution is 2.33. The van der Waals surface area contributed by atoms with Gasteiger partial charge in [0.1, 0.15) is 4.90 Å². The number of carboxylic acid groups (broad SMARTS) is 1. The van der Waals surface area contributed by atoms with Crippen molar-refractivity contribution in [2.24, 2.45) is 0 Å². The standard InChI is InChI=1S/C9H10BrNO5S2/c10-8-7(5-6(17-8)9(12)13)18(14,15)11-1-3-16-4-2-11/h5H,1-4H2,(H,12,13)/p-1. The van der Waals surface area contributed by atoms with Crippen molar-refractivity contribution in [2.45, 2.75) is 4.90 Å². The van der Waals surface area contributed by atoms with Gasteiger partial charge in [-0.2, -0.15) is 4.31 Å². The van der Waals surface area contributed by atoms with Crippen LogP contribution in [0.3, 0.4) is 0 Å². The summed E-state index contributed by atoms with van der Waals surface area (Å²) in [7, 11) is -3.68. The van der Waals surface area contributed by atoms with Crippen LogP contribution in [0.1, 0.15) is 9.67 Å². The lowest BCUT2D eigenvalue weighted by atomic mass is 10.5. The largest absolute Gasteiger partial charge is 0.544 e. The molecular weight excluding hydrogens is 346 g/mol. The van der Waals surface area contributed by atoms with E-state index >= 15 is 0 Å². The molecule has 0 spiro atoms. The lowest BCUT2D eigenvalue weighted by Crippen LogP contribution is -2.40. The first kappa shape index (κ1) is 13.9. The molecule has 1 aromatic rings. The summed E-state index contributed by atoms with van der Waals surface area (Å²) in [5.74, 6) is -1.39. The molecule has 9 heteroatoms. The Kier molecular flexibility index (Phi) is 4.07. The minimum atomic E-state index is -3.68. The van der Waals surface area contributed by atoms with Gasteiger partial charge in [-0.3, -0.25) is 0 Å². The number of hydrogen-bond acceptors (Lipinski definition) is 6. The fourth-order valence-corrected chi connectivity index (χ4v) is 5.31. The number of hydrogen-bond donors (Lipinski definition) is 0. The zero-order valence-corrected chi connectivity index (χ0v) is 12.3. The van der Waals surface area contributed by atoms with Gasteiger partial charge >= 0.3 is 0 Å². The maximum atomic E-state index is 12.3. The van der Waals surface area contributed by atoms with Crippen molar-refractivity contribution in [3.8, 4) is 0 Å². The third kappa shape index (κ3) is 2.59. The Balaban J connectivity index is 2.37. The Labute approximate surface area is 116 Å². The number of nitrogens with zero attached hydrogens (tertiary/aromatic N) is 1. The third-order valence-corrected chi connectivity index (χ3v) is 6.58. The van der Waals surface area contributed by atoms with Gasteiger partial charge in [0.2, 0.25) is 10.0 Å². The minimum absolute atomic E-state index is 0.0337. The molecule has 2 heterocycles. The predicted octanol–water partition coefficient (Wildman–Crippen LogP) is -0.105. The van der Waals surface area contributed by atoms with E-state index in [0.29, 0.717) is 13.2 Å². The Morgan fingerprint density at radius 3 is 2.56 bits per heavy atom. The number of sulfonamides is 1. The summed E-state index contributed by atoms with van der Waals surface area (Å²) in [6.45, 7) is 1.22. The van der Waals surface area contributed by atoms with Crippen LogP contribution in [-0.4, -0.2) is 45.0 Å². The van der Waals surface area contributed by atoms with E-state index in [1.807, 2.05) is 0 Å². The van der Waals surface area contributed by atoms with Crippen LogP contribution in [-0.2, 0) is 14.8 Å². The molecule has 18 heavy (non-hydrogen) atoms. The van der Waals surface area contributed by atoms with Crippen LogP contribution in [0.25, 0.3) is 0 Å². The number of morpholine rings is 1. The number of ether oxygens (including phenoxy) is 1. The monoisotopic (exact) mass is 354 g/mol. The molecule has 1 aliphatic rings. The molecule has 0 saturated carbocycles. The van der Waals surface area contributed by atoms with Crippen LogP contribution >= 0.6 is 27.3 Å². The quantitative estimate of drug-likeness (QED) is 0.756. The van der Waals surface area contributed by atoms with E-state index in [1.165, 1.54) is 4.31 Å². The number of aromatic carboxylic acids is 1. The smallest absolute Gasteiger partial charge is 0.245 e. The Morgan fingerprint density at radius 2 is 2.06 bits per heavy atom. The molecule has 0 amide bonds. The highest BCUT2D eigenvalue weighted by molar-refractivity contribution is 9.11. The molecule has 0 aromatic carbocycles. The summed E-state index contributed by atoms with van der Waals surface area (Å²) < 4.78 is 31.2. The topological polar surface area (TPSA) is 86.7 Å². The van der Waals surface area contributed by atoms with Crippen LogP contribution in [0.2, 0.25) is 0 Å². The van der Waals surface area contributed by atoms with E-state index in [1.54, 1.807) is 0 Å². The van der Waals surface area contributed by atoms with E-state index in [9.17, 15) is 18.3 Å². The number of carbonyl (C=O) groups excluding carboxylic acids is 1. The number of carboxylic acids is 1. The van der Waals surface area contributed by atoms with Crippen molar-refractivity contribution in [1.82, 2.24) is 4.31 Å². The molecule has 1 aromatic heterocycles. The number of carbonyl (C=O) groups is 1. The van der Waals surface area contributed by atoms with Crippen molar-refractivity contribution in [2.75, 3.05) is 26.3 Å². The maximum absolute atomic E-state index is 12.3. The molecule has 100 valence electrons. The number of halogens is 1. The van der Waals surface area contributed by atoms with Gasteiger partial charge in [-0.1, -0.05) is 0 Å². The molecule has 2 rings (SSSR count). The first-order chi connectivity index (χ1) is 8.43. The minimum Gasteiger partial charge on any atom is -0.544 e. The zero-order chi connectivity index (χ0) is 13.3. The predicted molar refractivity (Wildman–Crippen MR) is 65.9 cm³/mol. The average Bonchev–Trinajstić information content (AvgIpc) is 2.73. The summed E-state index contributed by atoms with van der Waals surface area (Å²) in [6.07, 6.45) is 0. The summed E-state index contributed by atoms with van der Waals surface area (Å²) in [5.41, 5.74) is 0. The first-order valence-corrected chi connectivity index (χ1v) is 8.06. The van der Waals surface area contributed by atoms with E-state index in [-0.39, 0.29) is 26.6 Å². The lowest BCUT2D eigenvalue weighted by molar-refractivity contribution is -0.254. The zero-order valence-electron chi connectivity index (χ0n) is 9.09. The van der Waals surface area contributed by atoms with Gasteiger partial charge < -0.3 is 14.6 Å². The second-order valence-corrected chi connectivity index (χ2v) is 7.83. The van der Waals surface area contributed by atoms with Gasteiger partial charge in [-0.05, 0) is 22.0 Å². The number of thiophene rings is 1. The molecule has 0 aliphatic carbocycles. The van der Waals surface area contributed by atoms with Crippen LogP contribution in [0, 0.1) is 0 Å². The van der Waals surface area contributed by atoms with Gasteiger partial charge in [-0.25, -0.2) is 8.42 Å². The van der Waals surface area contributed by atoms with Gasteiger partial charge in [0.05, 0.1) is 27.8 Å². The van der Waals surface area contributed by atoms with Gasteiger partial charge in [0.25, 0.3) is 0 Å². The highest BCUT2D eigenvalue weighted by Gasteiger charge is 2.29. The van der Waals surface area contributed by atoms with Crippen molar-refractivity contribution in [1.29, 1.82) is 0 Å². The van der Waals surface area contributed by atoms with Crippen LogP contribution in [0.5, 0.6) is 0 Å². The molecule has 0 radical (unpaired) electrons.